The molecule has 1 unspecified atom stereocenters. The van der Waals surface area contributed by atoms with Crippen LogP contribution in [0.2, 0.25) is 0 Å². The minimum atomic E-state index is 0.0377. The lowest BCUT2D eigenvalue weighted by atomic mass is 10.1. The average Bonchev–Trinajstić information content (AvgIpc) is 2.66. The number of aliphatic hydroxyl groups excluding tert-OH is 1. The van der Waals surface area contributed by atoms with Crippen molar-refractivity contribution in [3.63, 3.8) is 0 Å². The van der Waals surface area contributed by atoms with Crippen LogP contribution in [0.25, 0.3) is 0 Å². The molecule has 1 atom stereocenters. The molecule has 1 aromatic heterocycles. The lowest BCUT2D eigenvalue weighted by molar-refractivity contribution is -0.121. The van der Waals surface area contributed by atoms with Gasteiger partial charge in [0.2, 0.25) is 5.91 Å². The first kappa shape index (κ1) is 16.0. The number of amides is 1. The van der Waals surface area contributed by atoms with Crippen LogP contribution in [-0.2, 0) is 18.3 Å². The Labute approximate surface area is 118 Å². The summed E-state index contributed by atoms with van der Waals surface area (Å²) < 4.78 is 1.77. The van der Waals surface area contributed by atoms with E-state index in [4.69, 9.17) is 5.11 Å². The quantitative estimate of drug-likeness (QED) is 0.744. The van der Waals surface area contributed by atoms with Crippen LogP contribution in [0.4, 0.5) is 0 Å². The maximum atomic E-state index is 11.9. The Hall–Kier alpha value is -1.01. The van der Waals surface area contributed by atoms with Crippen LogP contribution in [0.3, 0.4) is 0 Å². The Morgan fingerprint density at radius 2 is 2.37 bits per heavy atom. The molecule has 0 spiro atoms. The Kier molecular flexibility index (Phi) is 6.94. The van der Waals surface area contributed by atoms with Crippen LogP contribution in [0.5, 0.6) is 0 Å². The highest BCUT2D eigenvalue weighted by atomic mass is 32.2. The lowest BCUT2D eigenvalue weighted by Crippen LogP contribution is -2.37. The van der Waals surface area contributed by atoms with Crippen molar-refractivity contribution in [3.05, 3.63) is 17.5 Å². The summed E-state index contributed by atoms with van der Waals surface area (Å²) in [6.45, 7) is 2.06. The maximum absolute atomic E-state index is 11.9. The second-order valence-electron chi connectivity index (χ2n) is 4.65. The maximum Gasteiger partial charge on any atom is 0.220 e. The van der Waals surface area contributed by atoms with E-state index in [0.717, 1.165) is 17.0 Å². The number of nitrogens with zero attached hydrogens (tertiary/aromatic N) is 2. The number of carbonyl (C=O) groups excluding carboxylic acids is 1. The zero-order chi connectivity index (χ0) is 14.3. The van der Waals surface area contributed by atoms with Gasteiger partial charge in [0.1, 0.15) is 0 Å². The van der Waals surface area contributed by atoms with Gasteiger partial charge in [0.05, 0.1) is 5.69 Å². The van der Waals surface area contributed by atoms with Crippen LogP contribution in [0.1, 0.15) is 24.1 Å². The van der Waals surface area contributed by atoms with Crippen LogP contribution >= 0.6 is 11.8 Å². The van der Waals surface area contributed by atoms with E-state index in [2.05, 4.69) is 10.4 Å². The molecule has 5 nitrogen and oxygen atoms in total. The molecule has 1 aromatic rings. The number of rotatable bonds is 8. The number of nitrogens with one attached hydrogen (secondary N) is 1. The fraction of sp³-hybridized carbons (Fsp3) is 0.692. The third-order valence-electron chi connectivity index (χ3n) is 2.95. The summed E-state index contributed by atoms with van der Waals surface area (Å²) in [5, 5.41) is 16.2. The van der Waals surface area contributed by atoms with Crippen molar-refractivity contribution in [2.24, 2.45) is 7.05 Å². The molecule has 0 saturated heterocycles. The van der Waals surface area contributed by atoms with Gasteiger partial charge in [-0.15, -0.1) is 0 Å². The number of hydrogen-bond acceptors (Lipinski definition) is 4. The molecule has 1 rings (SSSR count). The second-order valence-corrected chi connectivity index (χ2v) is 5.56. The number of aryl methyl sites for hydroxylation is 3. The van der Waals surface area contributed by atoms with Gasteiger partial charge in [-0.05, 0) is 31.6 Å². The van der Waals surface area contributed by atoms with Gasteiger partial charge in [-0.1, -0.05) is 0 Å². The number of hydrogen-bond donors (Lipinski definition) is 2. The fourth-order valence-corrected chi connectivity index (χ4v) is 2.65. The smallest absolute Gasteiger partial charge is 0.220 e. The number of aromatic nitrogens is 2. The van der Waals surface area contributed by atoms with E-state index in [1.165, 1.54) is 0 Å². The molecule has 0 aliphatic rings. The summed E-state index contributed by atoms with van der Waals surface area (Å²) in [6.07, 6.45) is 5.73. The SMILES string of the molecule is CSCC(CCO)NC(=O)CCc1cn(C)nc1C. The molecule has 0 fully saturated rings. The normalized spacial score (nSPS) is 12.4. The minimum Gasteiger partial charge on any atom is -0.396 e. The highest BCUT2D eigenvalue weighted by Crippen LogP contribution is 2.08. The van der Waals surface area contributed by atoms with Crippen LogP contribution < -0.4 is 5.32 Å². The molecule has 108 valence electrons. The predicted octanol–water partition coefficient (Wildman–Crippen LogP) is 0.891. The first-order chi connectivity index (χ1) is 9.06. The Bertz CT molecular complexity index is 401. The Balaban J connectivity index is 2.40. The van der Waals surface area contributed by atoms with Crippen molar-refractivity contribution >= 4 is 17.7 Å². The molecule has 0 radical (unpaired) electrons. The molecule has 19 heavy (non-hydrogen) atoms. The third kappa shape index (κ3) is 5.65. The zero-order valence-corrected chi connectivity index (χ0v) is 12.7. The minimum absolute atomic E-state index is 0.0377. The Morgan fingerprint density at radius 3 is 2.89 bits per heavy atom. The van der Waals surface area contributed by atoms with E-state index in [0.29, 0.717) is 19.3 Å². The lowest BCUT2D eigenvalue weighted by Gasteiger charge is -2.16. The van der Waals surface area contributed by atoms with E-state index in [-0.39, 0.29) is 18.6 Å². The molecule has 1 heterocycles. The Morgan fingerprint density at radius 1 is 1.63 bits per heavy atom. The van der Waals surface area contributed by atoms with Gasteiger partial charge >= 0.3 is 0 Å². The molecule has 0 bridgehead atoms. The number of carbonyl (C=O) groups is 1. The van der Waals surface area contributed by atoms with E-state index < -0.39 is 0 Å². The standard InChI is InChI=1S/C13H23N3O2S/c1-10-11(8-16(2)15-10)4-5-13(18)14-12(6-7-17)9-19-3/h8,12,17H,4-7,9H2,1-3H3,(H,14,18). The number of aliphatic hydroxyl groups is 1. The molecule has 0 saturated carbocycles. The molecular weight excluding hydrogens is 262 g/mol. The first-order valence-electron chi connectivity index (χ1n) is 6.45. The highest BCUT2D eigenvalue weighted by molar-refractivity contribution is 7.98. The van der Waals surface area contributed by atoms with Crippen LogP contribution in [0, 0.1) is 6.92 Å². The molecule has 0 aliphatic heterocycles. The highest BCUT2D eigenvalue weighted by Gasteiger charge is 2.12. The van der Waals surface area contributed by atoms with Crippen LogP contribution in [-0.4, -0.2) is 45.5 Å². The molecule has 1 amide bonds. The molecule has 0 aliphatic carbocycles. The number of thioether (sulfide) groups is 1. The second kappa shape index (κ2) is 8.22. The van der Waals surface area contributed by atoms with E-state index in [9.17, 15) is 4.79 Å². The van der Waals surface area contributed by atoms with E-state index in [1.807, 2.05) is 26.4 Å². The predicted molar refractivity (Wildman–Crippen MR) is 78.3 cm³/mol. The monoisotopic (exact) mass is 285 g/mol. The topological polar surface area (TPSA) is 67.2 Å². The zero-order valence-electron chi connectivity index (χ0n) is 11.8. The summed E-state index contributed by atoms with van der Waals surface area (Å²) in [7, 11) is 1.88. The van der Waals surface area contributed by atoms with Crippen molar-refractivity contribution in [1.82, 2.24) is 15.1 Å². The van der Waals surface area contributed by atoms with Gasteiger partial charge < -0.3 is 10.4 Å². The summed E-state index contributed by atoms with van der Waals surface area (Å²) in [4.78, 5) is 11.9. The van der Waals surface area contributed by atoms with Crippen molar-refractivity contribution in [1.29, 1.82) is 0 Å². The van der Waals surface area contributed by atoms with Gasteiger partial charge in [-0.2, -0.15) is 16.9 Å². The van der Waals surface area contributed by atoms with Crippen molar-refractivity contribution in [2.45, 2.75) is 32.2 Å². The largest absolute Gasteiger partial charge is 0.396 e. The van der Waals surface area contributed by atoms with E-state index in [1.54, 1.807) is 16.4 Å². The van der Waals surface area contributed by atoms with Crippen LogP contribution in [0.15, 0.2) is 6.20 Å². The summed E-state index contributed by atoms with van der Waals surface area (Å²) in [5.74, 6) is 0.869. The average molecular weight is 285 g/mol. The summed E-state index contributed by atoms with van der Waals surface area (Å²) >= 11 is 1.67. The van der Waals surface area contributed by atoms with Gasteiger partial charge in [0, 0.05) is 38.1 Å². The molecule has 0 aromatic carbocycles. The molecular formula is C13H23N3O2S. The van der Waals surface area contributed by atoms with Crippen molar-refractivity contribution in [3.8, 4) is 0 Å². The van der Waals surface area contributed by atoms with Crippen molar-refractivity contribution < 1.29 is 9.90 Å². The molecule has 2 N–H and O–H groups in total. The van der Waals surface area contributed by atoms with E-state index >= 15 is 0 Å². The van der Waals surface area contributed by atoms with Gasteiger partial charge in [0.25, 0.3) is 0 Å². The fourth-order valence-electron chi connectivity index (χ4n) is 2.00. The van der Waals surface area contributed by atoms with Gasteiger partial charge in [0.15, 0.2) is 0 Å². The third-order valence-corrected chi connectivity index (χ3v) is 3.68. The summed E-state index contributed by atoms with van der Waals surface area (Å²) in [5.41, 5.74) is 2.09. The first-order valence-corrected chi connectivity index (χ1v) is 7.84. The summed E-state index contributed by atoms with van der Waals surface area (Å²) in [6, 6.07) is 0.0579. The van der Waals surface area contributed by atoms with Crippen molar-refractivity contribution in [2.75, 3.05) is 18.6 Å². The molecule has 6 heteroatoms. The van der Waals surface area contributed by atoms with Gasteiger partial charge in [-0.25, -0.2) is 0 Å². The van der Waals surface area contributed by atoms with Gasteiger partial charge in [-0.3, -0.25) is 9.48 Å².